The minimum absolute atomic E-state index is 0.118. The van der Waals surface area contributed by atoms with Crippen LogP contribution >= 0.6 is 11.8 Å². The predicted octanol–water partition coefficient (Wildman–Crippen LogP) is 6.08. The Bertz CT molecular complexity index is 1100. The van der Waals surface area contributed by atoms with Gasteiger partial charge in [0.1, 0.15) is 5.82 Å². The summed E-state index contributed by atoms with van der Waals surface area (Å²) in [5.74, 6) is 0.327. The molecule has 1 aliphatic heterocycles. The zero-order chi connectivity index (χ0) is 21.6. The van der Waals surface area contributed by atoms with Gasteiger partial charge in [0.25, 0.3) is 0 Å². The van der Waals surface area contributed by atoms with E-state index in [-0.39, 0.29) is 11.6 Å². The first kappa shape index (κ1) is 21.0. The van der Waals surface area contributed by atoms with E-state index in [1.54, 1.807) is 36.0 Å². The number of ether oxygens (including phenoxy) is 1. The van der Waals surface area contributed by atoms with Crippen LogP contribution in [0.4, 0.5) is 10.1 Å². The molecule has 1 N–H and O–H groups in total. The van der Waals surface area contributed by atoms with Gasteiger partial charge in [0, 0.05) is 10.6 Å². The van der Waals surface area contributed by atoms with Crippen molar-refractivity contribution >= 4 is 28.7 Å². The Hall–Kier alpha value is -3.25. The predicted molar refractivity (Wildman–Crippen MR) is 126 cm³/mol. The molecule has 0 aliphatic carbocycles. The number of anilines is 1. The summed E-state index contributed by atoms with van der Waals surface area (Å²) in [5.41, 5.74) is 2.90. The zero-order valence-electron chi connectivity index (χ0n) is 17.2. The highest BCUT2D eigenvalue weighted by molar-refractivity contribution is 8.18. The van der Waals surface area contributed by atoms with Gasteiger partial charge in [-0.2, -0.15) is 0 Å². The number of benzene rings is 3. The summed E-state index contributed by atoms with van der Waals surface area (Å²) in [6.07, 6.45) is 2.03. The lowest BCUT2D eigenvalue weighted by molar-refractivity contribution is 0.318. The van der Waals surface area contributed by atoms with Crippen LogP contribution in [-0.4, -0.2) is 23.4 Å². The highest BCUT2D eigenvalue weighted by Gasteiger charge is 2.25. The average molecular weight is 435 g/mol. The van der Waals surface area contributed by atoms with Gasteiger partial charge in [0.05, 0.1) is 19.7 Å². The van der Waals surface area contributed by atoms with E-state index in [4.69, 9.17) is 9.73 Å². The molecule has 3 aromatic carbocycles. The van der Waals surface area contributed by atoms with Gasteiger partial charge in [-0.05, 0) is 60.5 Å². The highest BCUT2D eigenvalue weighted by atomic mass is 32.2. The Morgan fingerprint density at radius 2 is 1.87 bits per heavy atom. The maximum atomic E-state index is 13.4. The van der Waals surface area contributed by atoms with Crippen molar-refractivity contribution in [3.63, 3.8) is 0 Å². The second-order valence-corrected chi connectivity index (χ2v) is 8.11. The Kier molecular flexibility index (Phi) is 6.57. The molecule has 1 aliphatic rings. The summed E-state index contributed by atoms with van der Waals surface area (Å²) >= 11 is 1.58. The number of hydrogen-bond donors (Lipinski definition) is 1. The minimum Gasteiger partial charge on any atom is -0.504 e. The Labute approximate surface area is 185 Å². The van der Waals surface area contributed by atoms with E-state index in [9.17, 15) is 9.50 Å². The molecule has 0 bridgehead atoms. The largest absolute Gasteiger partial charge is 0.504 e. The van der Waals surface area contributed by atoms with Crippen LogP contribution in [0.5, 0.6) is 11.5 Å². The van der Waals surface area contributed by atoms with Gasteiger partial charge in [-0.15, -0.1) is 0 Å². The zero-order valence-corrected chi connectivity index (χ0v) is 18.0. The third kappa shape index (κ3) is 5.27. The SMILES string of the molecule is CCOc1ccc(/C=C2/CN(c3ccc(F)cc3)C(=NCc3ccccc3)S2)cc1O. The first-order chi connectivity index (χ1) is 15.1. The van der Waals surface area contributed by atoms with E-state index in [0.717, 1.165) is 26.9 Å². The van der Waals surface area contributed by atoms with Crippen molar-refractivity contribution < 1.29 is 14.2 Å². The molecule has 0 atom stereocenters. The van der Waals surface area contributed by atoms with Crippen molar-refractivity contribution in [2.45, 2.75) is 13.5 Å². The topological polar surface area (TPSA) is 45.1 Å². The lowest BCUT2D eigenvalue weighted by Gasteiger charge is -2.17. The van der Waals surface area contributed by atoms with E-state index in [1.165, 1.54) is 12.1 Å². The van der Waals surface area contributed by atoms with Crippen LogP contribution < -0.4 is 9.64 Å². The number of halogens is 1. The second-order valence-electron chi connectivity index (χ2n) is 7.02. The number of rotatable bonds is 6. The smallest absolute Gasteiger partial charge is 0.169 e. The van der Waals surface area contributed by atoms with E-state index in [1.807, 2.05) is 49.4 Å². The first-order valence-electron chi connectivity index (χ1n) is 10.1. The maximum Gasteiger partial charge on any atom is 0.169 e. The fourth-order valence-electron chi connectivity index (χ4n) is 3.27. The normalized spacial score (nSPS) is 16.3. The van der Waals surface area contributed by atoms with Gasteiger partial charge in [-0.25, -0.2) is 4.39 Å². The molecular weight excluding hydrogens is 411 g/mol. The Balaban J connectivity index is 1.61. The Morgan fingerprint density at radius 1 is 1.10 bits per heavy atom. The van der Waals surface area contributed by atoms with Crippen LogP contribution in [-0.2, 0) is 6.54 Å². The molecule has 0 radical (unpaired) electrons. The molecule has 6 heteroatoms. The molecule has 4 rings (SSSR count). The van der Waals surface area contributed by atoms with E-state index < -0.39 is 0 Å². The lowest BCUT2D eigenvalue weighted by Crippen LogP contribution is -2.23. The van der Waals surface area contributed by atoms with Gasteiger partial charge in [0.15, 0.2) is 16.7 Å². The molecule has 1 saturated heterocycles. The van der Waals surface area contributed by atoms with Gasteiger partial charge in [-0.1, -0.05) is 48.2 Å². The van der Waals surface area contributed by atoms with Gasteiger partial charge in [-0.3, -0.25) is 4.99 Å². The number of aromatic hydroxyl groups is 1. The molecule has 0 spiro atoms. The number of nitrogens with zero attached hydrogens (tertiary/aromatic N) is 2. The van der Waals surface area contributed by atoms with Crippen molar-refractivity contribution in [3.05, 3.63) is 94.6 Å². The molecule has 0 amide bonds. The summed E-state index contributed by atoms with van der Waals surface area (Å²) in [5, 5.41) is 11.0. The number of aliphatic imine (C=N–C) groups is 1. The molecule has 4 nitrogen and oxygen atoms in total. The van der Waals surface area contributed by atoms with Crippen LogP contribution in [0, 0.1) is 5.82 Å². The highest BCUT2D eigenvalue weighted by Crippen LogP contribution is 2.36. The Morgan fingerprint density at radius 3 is 2.58 bits per heavy atom. The number of phenolic OH excluding ortho intramolecular Hbond substituents is 1. The fourth-order valence-corrected chi connectivity index (χ4v) is 4.31. The van der Waals surface area contributed by atoms with Gasteiger partial charge < -0.3 is 14.7 Å². The standard InChI is InChI=1S/C25H23FN2O2S/c1-2-30-24-13-8-19(15-23(24)29)14-22-17-28(21-11-9-20(26)10-12-21)25(31-22)27-16-18-6-4-3-5-7-18/h3-15,29H,2,16-17H2,1H3/b22-14-,27-25?. The third-order valence-electron chi connectivity index (χ3n) is 4.76. The van der Waals surface area contributed by atoms with Crippen LogP contribution in [0.25, 0.3) is 6.08 Å². The molecular formula is C25H23FN2O2S. The molecule has 0 unspecified atom stereocenters. The molecule has 0 saturated carbocycles. The molecule has 1 heterocycles. The van der Waals surface area contributed by atoms with E-state index in [0.29, 0.717) is 25.4 Å². The van der Waals surface area contributed by atoms with Crippen molar-refractivity contribution in [2.75, 3.05) is 18.1 Å². The van der Waals surface area contributed by atoms with Crippen molar-refractivity contribution in [1.82, 2.24) is 0 Å². The lowest BCUT2D eigenvalue weighted by atomic mass is 10.2. The first-order valence-corrected chi connectivity index (χ1v) is 10.9. The van der Waals surface area contributed by atoms with Crippen LogP contribution in [0.3, 0.4) is 0 Å². The van der Waals surface area contributed by atoms with Crippen molar-refractivity contribution in [2.24, 2.45) is 4.99 Å². The quantitative estimate of drug-likeness (QED) is 0.511. The number of phenols is 1. The van der Waals surface area contributed by atoms with Crippen molar-refractivity contribution in [1.29, 1.82) is 0 Å². The van der Waals surface area contributed by atoms with Gasteiger partial charge in [0.2, 0.25) is 0 Å². The molecule has 1 fully saturated rings. The summed E-state index contributed by atoms with van der Waals surface area (Å²) in [7, 11) is 0. The summed E-state index contributed by atoms with van der Waals surface area (Å²) in [6, 6.07) is 21.9. The average Bonchev–Trinajstić information content (AvgIpc) is 3.18. The molecule has 0 aromatic heterocycles. The minimum atomic E-state index is -0.265. The molecule has 158 valence electrons. The third-order valence-corrected chi connectivity index (χ3v) is 5.80. The van der Waals surface area contributed by atoms with Crippen molar-refractivity contribution in [3.8, 4) is 11.5 Å². The summed E-state index contributed by atoms with van der Waals surface area (Å²) < 4.78 is 18.8. The number of thioether (sulfide) groups is 1. The van der Waals surface area contributed by atoms with Gasteiger partial charge >= 0.3 is 0 Å². The fraction of sp³-hybridized carbons (Fsp3) is 0.160. The van der Waals surface area contributed by atoms with E-state index >= 15 is 0 Å². The number of amidine groups is 1. The van der Waals surface area contributed by atoms with E-state index in [2.05, 4.69) is 4.90 Å². The molecule has 3 aromatic rings. The van der Waals surface area contributed by atoms with Crippen LogP contribution in [0.15, 0.2) is 82.7 Å². The maximum absolute atomic E-state index is 13.4. The monoisotopic (exact) mass is 434 g/mol. The second kappa shape index (κ2) is 9.71. The number of hydrogen-bond acceptors (Lipinski definition) is 4. The van der Waals surface area contributed by atoms with Crippen LogP contribution in [0.1, 0.15) is 18.1 Å². The molecule has 31 heavy (non-hydrogen) atoms. The summed E-state index contributed by atoms with van der Waals surface area (Å²) in [4.78, 5) is 7.98. The summed E-state index contributed by atoms with van der Waals surface area (Å²) in [6.45, 7) is 3.57. The van der Waals surface area contributed by atoms with Crippen LogP contribution in [0.2, 0.25) is 0 Å².